The van der Waals surface area contributed by atoms with Crippen molar-refractivity contribution in [2.75, 3.05) is 16.9 Å². The molecule has 0 aromatic heterocycles. The van der Waals surface area contributed by atoms with Crippen molar-refractivity contribution in [1.82, 2.24) is 5.32 Å². The quantitative estimate of drug-likeness (QED) is 0.0678. The fourth-order valence-corrected chi connectivity index (χ4v) is 7.12. The lowest BCUT2D eigenvalue weighted by molar-refractivity contribution is -0.121. The molecule has 1 aliphatic rings. The molecule has 1 heterocycles. The molecule has 0 radical (unpaired) electrons. The van der Waals surface area contributed by atoms with Crippen LogP contribution < -0.4 is 25.1 Å². The van der Waals surface area contributed by atoms with E-state index in [1.54, 1.807) is 42.5 Å². The first-order valence-electron chi connectivity index (χ1n) is 21.1. The standard InChI is InChI=1S/C50H56N4O5/c1-3-4-5-6-7-8-9-10-11-17-33-51-49(56)42-22-18-21-41(35-42)47-48(50(57)54(53-47)46-24-16-15-23-45(46)52-37(2)55)59-44-31-27-39(28-32-44)34-38-25-29-43(30-26-38)58-36-40-19-13-12-14-20-40/h12-16,18-32,35,48H,3-11,17,33-34,36H2,1-2H3,(H,51,56)(H,52,55). The van der Waals surface area contributed by atoms with E-state index >= 15 is 0 Å². The van der Waals surface area contributed by atoms with Gasteiger partial charge in [-0.05, 0) is 78.1 Å². The Kier molecular flexibility index (Phi) is 15.9. The minimum absolute atomic E-state index is 0.178. The van der Waals surface area contributed by atoms with Crippen LogP contribution in [0.3, 0.4) is 0 Å². The summed E-state index contributed by atoms with van der Waals surface area (Å²) in [6.45, 7) is 4.77. The minimum Gasteiger partial charge on any atom is -0.489 e. The van der Waals surface area contributed by atoms with Gasteiger partial charge in [0.25, 0.3) is 11.8 Å². The highest BCUT2D eigenvalue weighted by molar-refractivity contribution is 6.25. The molecule has 306 valence electrons. The molecule has 5 aromatic rings. The van der Waals surface area contributed by atoms with Gasteiger partial charge in [-0.2, -0.15) is 10.1 Å². The topological polar surface area (TPSA) is 109 Å². The van der Waals surface area contributed by atoms with E-state index in [2.05, 4.69) is 29.7 Å². The van der Waals surface area contributed by atoms with E-state index in [0.29, 0.717) is 53.5 Å². The number of rotatable bonds is 22. The Labute approximate surface area is 348 Å². The maximum atomic E-state index is 14.2. The van der Waals surface area contributed by atoms with Crippen molar-refractivity contribution < 1.29 is 23.9 Å². The number of hydrogen-bond donors (Lipinski definition) is 2. The molecular weight excluding hydrogens is 737 g/mol. The van der Waals surface area contributed by atoms with E-state index in [1.807, 2.05) is 72.8 Å². The van der Waals surface area contributed by atoms with Gasteiger partial charge in [-0.25, -0.2) is 0 Å². The van der Waals surface area contributed by atoms with E-state index in [9.17, 15) is 14.4 Å². The number of anilines is 2. The summed E-state index contributed by atoms with van der Waals surface area (Å²) in [6, 6.07) is 40.0. The summed E-state index contributed by atoms with van der Waals surface area (Å²) >= 11 is 0. The highest BCUT2D eigenvalue weighted by Gasteiger charge is 2.40. The second kappa shape index (κ2) is 22.1. The van der Waals surface area contributed by atoms with E-state index in [1.165, 1.54) is 63.3 Å². The van der Waals surface area contributed by atoms with Gasteiger partial charge in [0.2, 0.25) is 12.0 Å². The highest BCUT2D eigenvalue weighted by atomic mass is 16.5. The molecule has 0 saturated heterocycles. The van der Waals surface area contributed by atoms with Crippen LogP contribution in [0.4, 0.5) is 11.4 Å². The summed E-state index contributed by atoms with van der Waals surface area (Å²) in [7, 11) is 0. The summed E-state index contributed by atoms with van der Waals surface area (Å²) in [5, 5.41) is 11.9. The third kappa shape index (κ3) is 12.6. The first-order chi connectivity index (χ1) is 28.9. The SMILES string of the molecule is CCCCCCCCCCCCNC(=O)c1cccc(C2=NN(c3ccccc3NC(C)=O)C(=O)C2Oc2ccc(Cc3ccc(OCc4ccccc4)cc3)cc2)c1. The van der Waals surface area contributed by atoms with Gasteiger partial charge >= 0.3 is 0 Å². The van der Waals surface area contributed by atoms with Gasteiger partial charge in [-0.3, -0.25) is 14.4 Å². The lowest BCUT2D eigenvalue weighted by Crippen LogP contribution is -2.37. The van der Waals surface area contributed by atoms with Crippen LogP contribution in [0.2, 0.25) is 0 Å². The molecule has 5 aromatic carbocycles. The fourth-order valence-electron chi connectivity index (χ4n) is 7.12. The van der Waals surface area contributed by atoms with Crippen LogP contribution in [0.15, 0.2) is 132 Å². The summed E-state index contributed by atoms with van der Waals surface area (Å²) < 4.78 is 12.4. The molecule has 0 aliphatic carbocycles. The monoisotopic (exact) mass is 792 g/mol. The number of nitrogens with zero attached hydrogens (tertiary/aromatic N) is 2. The van der Waals surface area contributed by atoms with E-state index in [0.717, 1.165) is 35.3 Å². The van der Waals surface area contributed by atoms with Crippen LogP contribution >= 0.6 is 0 Å². The molecule has 1 aliphatic heterocycles. The second-order valence-electron chi connectivity index (χ2n) is 15.1. The van der Waals surface area contributed by atoms with Crippen LogP contribution in [0.5, 0.6) is 11.5 Å². The number of carbonyl (C=O) groups excluding carboxylic acids is 3. The molecular formula is C50H56N4O5. The number of hydrogen-bond acceptors (Lipinski definition) is 6. The highest BCUT2D eigenvalue weighted by Crippen LogP contribution is 2.32. The number of ether oxygens (including phenoxy) is 2. The van der Waals surface area contributed by atoms with Gasteiger partial charge in [-0.1, -0.05) is 144 Å². The maximum Gasteiger partial charge on any atom is 0.294 e. The number of unbranched alkanes of at least 4 members (excludes halogenated alkanes) is 9. The zero-order valence-electron chi connectivity index (χ0n) is 34.3. The number of para-hydroxylation sites is 2. The molecule has 9 nitrogen and oxygen atoms in total. The predicted octanol–water partition coefficient (Wildman–Crippen LogP) is 10.7. The minimum atomic E-state index is -1.11. The smallest absolute Gasteiger partial charge is 0.294 e. The van der Waals surface area contributed by atoms with Gasteiger partial charge in [0.05, 0.1) is 11.4 Å². The van der Waals surface area contributed by atoms with Gasteiger partial charge < -0.3 is 20.1 Å². The molecule has 59 heavy (non-hydrogen) atoms. The summed E-state index contributed by atoms with van der Waals surface area (Å²) in [5.74, 6) is 0.427. The lowest BCUT2D eigenvalue weighted by Gasteiger charge is -2.18. The molecule has 0 fully saturated rings. The number of benzene rings is 5. The van der Waals surface area contributed by atoms with Crippen LogP contribution in [-0.4, -0.2) is 36.1 Å². The molecule has 0 bridgehead atoms. The lowest BCUT2D eigenvalue weighted by atomic mass is 10.0. The zero-order chi connectivity index (χ0) is 41.2. The Hall–Kier alpha value is -6.22. The zero-order valence-corrected chi connectivity index (χ0v) is 34.3. The van der Waals surface area contributed by atoms with Crippen molar-refractivity contribution in [2.24, 2.45) is 5.10 Å². The van der Waals surface area contributed by atoms with E-state index < -0.39 is 12.0 Å². The molecule has 0 spiro atoms. The van der Waals surface area contributed by atoms with Crippen LogP contribution in [0.25, 0.3) is 0 Å². The molecule has 2 N–H and O–H groups in total. The Balaban J connectivity index is 1.11. The number of hydrazone groups is 1. The first kappa shape index (κ1) is 42.4. The van der Waals surface area contributed by atoms with Crippen molar-refractivity contribution in [3.05, 3.63) is 155 Å². The van der Waals surface area contributed by atoms with Crippen molar-refractivity contribution in [3.63, 3.8) is 0 Å². The van der Waals surface area contributed by atoms with Crippen molar-refractivity contribution >= 4 is 34.8 Å². The summed E-state index contributed by atoms with van der Waals surface area (Å²) in [5.41, 5.74) is 5.59. The molecule has 1 atom stereocenters. The Morgan fingerprint density at radius 3 is 1.98 bits per heavy atom. The molecule has 1 unspecified atom stereocenters. The normalized spacial score (nSPS) is 13.5. The van der Waals surface area contributed by atoms with Crippen molar-refractivity contribution in [1.29, 1.82) is 0 Å². The summed E-state index contributed by atoms with van der Waals surface area (Å²) in [6.07, 6.45) is 11.9. The average molecular weight is 793 g/mol. The van der Waals surface area contributed by atoms with Crippen LogP contribution in [0, 0.1) is 0 Å². The largest absolute Gasteiger partial charge is 0.489 e. The number of amides is 3. The number of carbonyl (C=O) groups is 3. The predicted molar refractivity (Wildman–Crippen MR) is 236 cm³/mol. The van der Waals surface area contributed by atoms with Gasteiger partial charge in [0, 0.05) is 24.6 Å². The fraction of sp³-hybridized carbons (Fsp3) is 0.320. The van der Waals surface area contributed by atoms with Gasteiger partial charge in [0.15, 0.2) is 0 Å². The van der Waals surface area contributed by atoms with Crippen molar-refractivity contribution in [3.8, 4) is 11.5 Å². The third-order valence-electron chi connectivity index (χ3n) is 10.3. The van der Waals surface area contributed by atoms with Crippen molar-refractivity contribution in [2.45, 2.75) is 97.2 Å². The van der Waals surface area contributed by atoms with Gasteiger partial charge in [-0.15, -0.1) is 0 Å². The Morgan fingerprint density at radius 2 is 1.31 bits per heavy atom. The summed E-state index contributed by atoms with van der Waals surface area (Å²) in [4.78, 5) is 39.6. The average Bonchev–Trinajstić information content (AvgIpc) is 3.58. The molecule has 0 saturated carbocycles. The van der Waals surface area contributed by atoms with Crippen LogP contribution in [-0.2, 0) is 22.6 Å². The number of nitrogens with one attached hydrogen (secondary N) is 2. The van der Waals surface area contributed by atoms with E-state index in [4.69, 9.17) is 14.6 Å². The van der Waals surface area contributed by atoms with Gasteiger partial charge in [0.1, 0.15) is 23.8 Å². The second-order valence-corrected chi connectivity index (χ2v) is 15.1. The van der Waals surface area contributed by atoms with Crippen LogP contribution in [0.1, 0.15) is 111 Å². The van der Waals surface area contributed by atoms with E-state index in [-0.39, 0.29) is 11.8 Å². The Morgan fingerprint density at radius 1 is 0.678 bits per heavy atom. The molecule has 3 amide bonds. The molecule has 6 rings (SSSR count). The first-order valence-corrected chi connectivity index (χ1v) is 21.1. The molecule has 9 heteroatoms. The third-order valence-corrected chi connectivity index (χ3v) is 10.3. The maximum absolute atomic E-state index is 14.2. The Bertz CT molecular complexity index is 2150.